The molecule has 6 heteroatoms. The zero-order valence-electron chi connectivity index (χ0n) is 11.0. The summed E-state index contributed by atoms with van der Waals surface area (Å²) in [5.41, 5.74) is 1.85. The SMILES string of the molecule is c1cn2ncc(-c3cnc(CCNC4CC4)o3)c2cn1. The number of hydrogen-bond acceptors (Lipinski definition) is 5. The van der Waals surface area contributed by atoms with E-state index in [4.69, 9.17) is 4.42 Å². The summed E-state index contributed by atoms with van der Waals surface area (Å²) < 4.78 is 7.58. The van der Waals surface area contributed by atoms with Crippen LogP contribution in [0.2, 0.25) is 0 Å². The van der Waals surface area contributed by atoms with Crippen LogP contribution in [0.15, 0.2) is 35.4 Å². The van der Waals surface area contributed by atoms with Crippen LogP contribution < -0.4 is 5.32 Å². The molecule has 102 valence electrons. The van der Waals surface area contributed by atoms with Crippen molar-refractivity contribution in [1.82, 2.24) is 24.9 Å². The highest BCUT2D eigenvalue weighted by molar-refractivity contribution is 5.75. The highest BCUT2D eigenvalue weighted by atomic mass is 16.4. The van der Waals surface area contributed by atoms with Crippen LogP contribution in [0.4, 0.5) is 0 Å². The number of rotatable bonds is 5. The molecule has 0 atom stereocenters. The molecular formula is C14H15N5O. The topological polar surface area (TPSA) is 68.2 Å². The van der Waals surface area contributed by atoms with Gasteiger partial charge in [0, 0.05) is 31.4 Å². The van der Waals surface area contributed by atoms with Crippen LogP contribution in [0.1, 0.15) is 18.7 Å². The third kappa shape index (κ3) is 2.18. The van der Waals surface area contributed by atoms with Crippen LogP contribution in [-0.2, 0) is 6.42 Å². The van der Waals surface area contributed by atoms with Crippen LogP contribution in [0, 0.1) is 0 Å². The maximum Gasteiger partial charge on any atom is 0.196 e. The van der Waals surface area contributed by atoms with Gasteiger partial charge < -0.3 is 9.73 Å². The average molecular weight is 269 g/mol. The standard InChI is InChI=1S/C14H15N5O/c1-2-10(1)16-4-3-14-17-9-13(20-14)11-7-18-19-6-5-15-8-12(11)19/h5-10,16H,1-4H2. The van der Waals surface area contributed by atoms with Crippen molar-refractivity contribution < 1.29 is 4.42 Å². The molecular weight excluding hydrogens is 254 g/mol. The fraction of sp³-hybridized carbons (Fsp3) is 0.357. The van der Waals surface area contributed by atoms with Gasteiger partial charge in [0.15, 0.2) is 11.7 Å². The predicted octanol–water partition coefficient (Wildman–Crippen LogP) is 1.68. The van der Waals surface area contributed by atoms with E-state index in [0.717, 1.165) is 41.7 Å². The van der Waals surface area contributed by atoms with Gasteiger partial charge in [-0.3, -0.25) is 4.98 Å². The molecule has 0 unspecified atom stereocenters. The molecule has 0 spiro atoms. The summed E-state index contributed by atoms with van der Waals surface area (Å²) in [6.45, 7) is 0.918. The van der Waals surface area contributed by atoms with Crippen molar-refractivity contribution in [2.24, 2.45) is 0 Å². The minimum atomic E-state index is 0.718. The van der Waals surface area contributed by atoms with Gasteiger partial charge >= 0.3 is 0 Å². The Morgan fingerprint density at radius 1 is 1.30 bits per heavy atom. The quantitative estimate of drug-likeness (QED) is 0.763. The summed E-state index contributed by atoms with van der Waals surface area (Å²) in [7, 11) is 0. The monoisotopic (exact) mass is 269 g/mol. The van der Waals surface area contributed by atoms with Crippen LogP contribution in [0.3, 0.4) is 0 Å². The molecule has 0 aliphatic heterocycles. The highest BCUT2D eigenvalue weighted by Crippen LogP contribution is 2.24. The molecule has 0 aromatic carbocycles. The number of nitrogens with zero attached hydrogens (tertiary/aromatic N) is 4. The van der Waals surface area contributed by atoms with Crippen molar-refractivity contribution >= 4 is 5.52 Å². The summed E-state index contributed by atoms with van der Waals surface area (Å²) in [5, 5.41) is 7.73. The Labute approximate surface area is 115 Å². The lowest BCUT2D eigenvalue weighted by molar-refractivity contribution is 0.495. The van der Waals surface area contributed by atoms with E-state index in [1.54, 1.807) is 29.3 Å². The maximum absolute atomic E-state index is 5.81. The van der Waals surface area contributed by atoms with Gasteiger partial charge in [-0.05, 0) is 12.8 Å². The lowest BCUT2D eigenvalue weighted by atomic mass is 10.2. The van der Waals surface area contributed by atoms with Gasteiger partial charge in [-0.1, -0.05) is 0 Å². The van der Waals surface area contributed by atoms with Crippen molar-refractivity contribution in [2.45, 2.75) is 25.3 Å². The third-order valence-electron chi connectivity index (χ3n) is 3.49. The van der Waals surface area contributed by atoms with E-state index in [2.05, 4.69) is 20.4 Å². The van der Waals surface area contributed by atoms with Crippen molar-refractivity contribution in [1.29, 1.82) is 0 Å². The Kier molecular flexibility index (Phi) is 2.74. The molecule has 6 nitrogen and oxygen atoms in total. The smallest absolute Gasteiger partial charge is 0.196 e. The van der Waals surface area contributed by atoms with Crippen LogP contribution in [0.5, 0.6) is 0 Å². The predicted molar refractivity (Wildman–Crippen MR) is 73.2 cm³/mol. The number of oxazole rings is 1. The second kappa shape index (κ2) is 4.72. The number of hydrogen-bond donors (Lipinski definition) is 1. The zero-order chi connectivity index (χ0) is 13.4. The molecule has 0 radical (unpaired) electrons. The molecule has 1 aliphatic carbocycles. The maximum atomic E-state index is 5.81. The van der Waals surface area contributed by atoms with Gasteiger partial charge in [0.25, 0.3) is 0 Å². The van der Waals surface area contributed by atoms with Crippen LogP contribution >= 0.6 is 0 Å². The first kappa shape index (κ1) is 11.6. The first-order chi connectivity index (χ1) is 9.90. The molecule has 1 fully saturated rings. The first-order valence-corrected chi connectivity index (χ1v) is 6.86. The van der Waals surface area contributed by atoms with Gasteiger partial charge in [0.1, 0.15) is 0 Å². The van der Waals surface area contributed by atoms with Gasteiger partial charge in [0.2, 0.25) is 0 Å². The van der Waals surface area contributed by atoms with Crippen LogP contribution in [-0.4, -0.2) is 32.2 Å². The minimum absolute atomic E-state index is 0.718. The normalized spacial score (nSPS) is 15.0. The van der Waals surface area contributed by atoms with Crippen molar-refractivity contribution in [3.63, 3.8) is 0 Å². The molecule has 1 aliphatic rings. The zero-order valence-corrected chi connectivity index (χ0v) is 11.0. The van der Waals surface area contributed by atoms with Gasteiger partial charge in [-0.15, -0.1) is 0 Å². The molecule has 4 rings (SSSR count). The first-order valence-electron chi connectivity index (χ1n) is 6.86. The van der Waals surface area contributed by atoms with E-state index in [1.807, 2.05) is 6.20 Å². The molecule has 1 saturated carbocycles. The van der Waals surface area contributed by atoms with E-state index in [0.29, 0.717) is 0 Å². The Morgan fingerprint density at radius 3 is 3.15 bits per heavy atom. The van der Waals surface area contributed by atoms with Crippen molar-refractivity contribution in [3.05, 3.63) is 36.9 Å². The average Bonchev–Trinajstić information content (AvgIpc) is 3.01. The van der Waals surface area contributed by atoms with E-state index in [-0.39, 0.29) is 0 Å². The van der Waals surface area contributed by atoms with Crippen molar-refractivity contribution in [2.75, 3.05) is 6.54 Å². The second-order valence-corrected chi connectivity index (χ2v) is 5.06. The Hall–Kier alpha value is -2.21. The lowest BCUT2D eigenvalue weighted by Crippen LogP contribution is -2.19. The molecule has 1 N–H and O–H groups in total. The van der Waals surface area contributed by atoms with Gasteiger partial charge in [-0.2, -0.15) is 5.10 Å². The Bertz CT molecular complexity index is 728. The fourth-order valence-electron chi connectivity index (χ4n) is 2.25. The van der Waals surface area contributed by atoms with E-state index >= 15 is 0 Å². The molecule has 3 aromatic rings. The molecule has 0 saturated heterocycles. The molecule has 20 heavy (non-hydrogen) atoms. The van der Waals surface area contributed by atoms with E-state index < -0.39 is 0 Å². The lowest BCUT2D eigenvalue weighted by Gasteiger charge is -1.98. The molecule has 3 heterocycles. The highest BCUT2D eigenvalue weighted by Gasteiger charge is 2.20. The number of fused-ring (bicyclic) bond motifs is 1. The summed E-state index contributed by atoms with van der Waals surface area (Å²) in [6.07, 6.45) is 12.3. The Morgan fingerprint density at radius 2 is 2.25 bits per heavy atom. The summed E-state index contributed by atoms with van der Waals surface area (Å²) in [6, 6.07) is 0.718. The van der Waals surface area contributed by atoms with Gasteiger partial charge in [-0.25, -0.2) is 9.50 Å². The molecule has 0 bridgehead atoms. The number of nitrogens with one attached hydrogen (secondary N) is 1. The number of aromatic nitrogens is 4. The summed E-state index contributed by atoms with van der Waals surface area (Å²) in [4.78, 5) is 8.45. The second-order valence-electron chi connectivity index (χ2n) is 5.06. The molecule has 0 amide bonds. The van der Waals surface area contributed by atoms with E-state index in [1.165, 1.54) is 12.8 Å². The minimum Gasteiger partial charge on any atom is -0.441 e. The fourth-order valence-corrected chi connectivity index (χ4v) is 2.25. The summed E-state index contributed by atoms with van der Waals surface area (Å²) in [5.74, 6) is 1.51. The van der Waals surface area contributed by atoms with E-state index in [9.17, 15) is 0 Å². The van der Waals surface area contributed by atoms with Gasteiger partial charge in [0.05, 0.1) is 29.7 Å². The summed E-state index contributed by atoms with van der Waals surface area (Å²) >= 11 is 0. The third-order valence-corrected chi connectivity index (χ3v) is 3.49. The Balaban J connectivity index is 1.54. The largest absolute Gasteiger partial charge is 0.441 e. The van der Waals surface area contributed by atoms with Crippen LogP contribution in [0.25, 0.3) is 16.8 Å². The van der Waals surface area contributed by atoms with Crippen molar-refractivity contribution in [3.8, 4) is 11.3 Å². The molecule has 3 aromatic heterocycles.